The van der Waals surface area contributed by atoms with E-state index in [0.29, 0.717) is 16.9 Å². The van der Waals surface area contributed by atoms with Gasteiger partial charge >= 0.3 is 0 Å². The lowest BCUT2D eigenvalue weighted by Crippen LogP contribution is -2.50. The van der Waals surface area contributed by atoms with Gasteiger partial charge in [0.15, 0.2) is 0 Å². The molecule has 116 valence electrons. The fourth-order valence-corrected chi connectivity index (χ4v) is 5.03. The van der Waals surface area contributed by atoms with Gasteiger partial charge in [0.1, 0.15) is 5.82 Å². The summed E-state index contributed by atoms with van der Waals surface area (Å²) in [6, 6.07) is 5.73. The summed E-state index contributed by atoms with van der Waals surface area (Å²) >= 11 is 5.92. The predicted molar refractivity (Wildman–Crippen MR) is 86.0 cm³/mol. The zero-order chi connectivity index (χ0) is 15.4. The molecule has 3 heteroatoms. The number of hydrogen-bond donors (Lipinski definition) is 1. The van der Waals surface area contributed by atoms with E-state index in [0.717, 1.165) is 11.5 Å². The highest BCUT2D eigenvalue weighted by Crippen LogP contribution is 2.62. The van der Waals surface area contributed by atoms with E-state index in [1.54, 1.807) is 6.07 Å². The topological polar surface area (TPSA) is 12.0 Å². The van der Waals surface area contributed by atoms with E-state index >= 15 is 0 Å². The van der Waals surface area contributed by atoms with Gasteiger partial charge in [0.2, 0.25) is 0 Å². The molecule has 2 aliphatic carbocycles. The molecule has 2 saturated carbocycles. The highest BCUT2D eigenvalue weighted by Gasteiger charge is 2.59. The Kier molecular flexibility index (Phi) is 3.61. The molecule has 0 saturated heterocycles. The zero-order valence-corrected chi connectivity index (χ0v) is 14.1. The number of nitrogens with one attached hydrogen (secondary N) is 1. The Morgan fingerprint density at radius 1 is 1.33 bits per heavy atom. The molecule has 1 N–H and O–H groups in total. The van der Waals surface area contributed by atoms with Crippen molar-refractivity contribution < 1.29 is 4.39 Å². The van der Waals surface area contributed by atoms with Crippen molar-refractivity contribution in [2.24, 2.45) is 16.7 Å². The van der Waals surface area contributed by atoms with Crippen LogP contribution in [0.1, 0.15) is 58.6 Å². The molecule has 0 heterocycles. The molecule has 3 rings (SSSR count). The summed E-state index contributed by atoms with van der Waals surface area (Å²) in [6.07, 6.45) is 4.00. The average molecular weight is 310 g/mol. The van der Waals surface area contributed by atoms with Gasteiger partial charge in [-0.2, -0.15) is 0 Å². The lowest BCUT2D eigenvalue weighted by Gasteiger charge is -2.44. The minimum Gasteiger partial charge on any atom is -0.306 e. The van der Waals surface area contributed by atoms with E-state index in [1.807, 2.05) is 6.07 Å². The number of halogens is 2. The molecule has 0 amide bonds. The molecule has 0 spiro atoms. The second-order valence-corrected chi connectivity index (χ2v) is 8.32. The van der Waals surface area contributed by atoms with Crippen LogP contribution in [0.3, 0.4) is 0 Å². The van der Waals surface area contributed by atoms with Crippen LogP contribution in [-0.4, -0.2) is 6.04 Å². The summed E-state index contributed by atoms with van der Waals surface area (Å²) in [7, 11) is 0. The number of benzene rings is 1. The molecule has 2 fully saturated rings. The number of fused-ring (bicyclic) bond motifs is 2. The van der Waals surface area contributed by atoms with Crippen molar-refractivity contribution in [3.05, 3.63) is 34.6 Å². The molecule has 4 unspecified atom stereocenters. The summed E-state index contributed by atoms with van der Waals surface area (Å²) in [6.45, 7) is 9.35. The third kappa shape index (κ3) is 2.41. The summed E-state index contributed by atoms with van der Waals surface area (Å²) in [4.78, 5) is 0. The quantitative estimate of drug-likeness (QED) is 0.794. The molecule has 1 nitrogen and oxygen atoms in total. The second-order valence-electron chi connectivity index (χ2n) is 7.91. The second kappa shape index (κ2) is 4.96. The van der Waals surface area contributed by atoms with Crippen LogP contribution >= 0.6 is 11.6 Å². The van der Waals surface area contributed by atoms with E-state index in [-0.39, 0.29) is 16.9 Å². The number of hydrogen-bond acceptors (Lipinski definition) is 1. The third-order valence-corrected chi connectivity index (χ3v) is 6.42. The fraction of sp³-hybridized carbons (Fsp3) is 0.667. The molecule has 1 aromatic carbocycles. The van der Waals surface area contributed by atoms with Gasteiger partial charge in [0.25, 0.3) is 0 Å². The third-order valence-electron chi connectivity index (χ3n) is 6.13. The Morgan fingerprint density at radius 2 is 2.05 bits per heavy atom. The Bertz CT molecular complexity index is 551. The summed E-state index contributed by atoms with van der Waals surface area (Å²) in [5, 5.41) is 4.03. The molecule has 0 aliphatic heterocycles. The van der Waals surface area contributed by atoms with Gasteiger partial charge in [-0.15, -0.1) is 0 Å². The van der Waals surface area contributed by atoms with Crippen molar-refractivity contribution in [2.45, 2.75) is 59.0 Å². The fourth-order valence-electron chi connectivity index (χ4n) is 4.85. The highest BCUT2D eigenvalue weighted by atomic mass is 35.5. The summed E-state index contributed by atoms with van der Waals surface area (Å²) in [5.41, 5.74) is 1.78. The van der Waals surface area contributed by atoms with Crippen molar-refractivity contribution in [1.29, 1.82) is 0 Å². The molecule has 2 aliphatic rings. The predicted octanol–water partition coefficient (Wildman–Crippen LogP) is 5.34. The Balaban J connectivity index is 1.81. The molecule has 2 bridgehead atoms. The first-order chi connectivity index (χ1) is 9.74. The maximum absolute atomic E-state index is 13.3. The lowest BCUT2D eigenvalue weighted by molar-refractivity contribution is 0.100. The Hall–Kier alpha value is -0.600. The van der Waals surface area contributed by atoms with Crippen molar-refractivity contribution in [1.82, 2.24) is 5.32 Å². The largest absolute Gasteiger partial charge is 0.306 e. The first kappa shape index (κ1) is 15.3. The van der Waals surface area contributed by atoms with Crippen molar-refractivity contribution in [3.63, 3.8) is 0 Å². The van der Waals surface area contributed by atoms with Crippen LogP contribution in [0.5, 0.6) is 0 Å². The van der Waals surface area contributed by atoms with Gasteiger partial charge in [-0.3, -0.25) is 0 Å². The van der Waals surface area contributed by atoms with Crippen LogP contribution in [0.4, 0.5) is 4.39 Å². The van der Waals surface area contributed by atoms with Gasteiger partial charge in [0.05, 0.1) is 5.02 Å². The van der Waals surface area contributed by atoms with Gasteiger partial charge in [-0.25, -0.2) is 4.39 Å². The maximum Gasteiger partial charge on any atom is 0.141 e. The van der Waals surface area contributed by atoms with Crippen LogP contribution in [0, 0.1) is 22.6 Å². The molecule has 4 atom stereocenters. The maximum atomic E-state index is 13.3. The van der Waals surface area contributed by atoms with Crippen LogP contribution in [0.2, 0.25) is 5.02 Å². The van der Waals surface area contributed by atoms with Crippen LogP contribution in [0.25, 0.3) is 0 Å². The van der Waals surface area contributed by atoms with E-state index in [2.05, 4.69) is 33.0 Å². The first-order valence-electron chi connectivity index (χ1n) is 7.95. The monoisotopic (exact) mass is 309 g/mol. The van der Waals surface area contributed by atoms with E-state index < -0.39 is 0 Å². The van der Waals surface area contributed by atoms with E-state index in [4.69, 9.17) is 11.6 Å². The Labute approximate surface area is 132 Å². The van der Waals surface area contributed by atoms with Gasteiger partial charge < -0.3 is 5.32 Å². The SMILES string of the molecule is CC(NC1C2(C)CCC(C2)C1(C)C)c1ccc(F)c(Cl)c1. The highest BCUT2D eigenvalue weighted by molar-refractivity contribution is 6.30. The minimum atomic E-state index is -0.347. The zero-order valence-electron chi connectivity index (χ0n) is 13.3. The summed E-state index contributed by atoms with van der Waals surface area (Å²) < 4.78 is 13.3. The van der Waals surface area contributed by atoms with Crippen molar-refractivity contribution in [2.75, 3.05) is 0 Å². The van der Waals surface area contributed by atoms with Crippen LogP contribution in [-0.2, 0) is 0 Å². The average Bonchev–Trinajstić information content (AvgIpc) is 2.89. The number of rotatable bonds is 3. The van der Waals surface area contributed by atoms with Crippen LogP contribution in [0.15, 0.2) is 18.2 Å². The van der Waals surface area contributed by atoms with Gasteiger partial charge in [0, 0.05) is 12.1 Å². The van der Waals surface area contributed by atoms with Gasteiger partial charge in [-0.05, 0) is 60.6 Å². The molecular weight excluding hydrogens is 285 g/mol. The first-order valence-corrected chi connectivity index (χ1v) is 8.33. The standard InChI is InChI=1S/C18H25ClFN/c1-11(12-5-6-15(20)14(19)9-12)21-16-17(2,3)13-7-8-18(16,4)10-13/h5-6,9,11,13,16,21H,7-8,10H2,1-4H3. The molecule has 0 aromatic heterocycles. The summed E-state index contributed by atoms with van der Waals surface area (Å²) in [5.74, 6) is 0.476. The van der Waals surface area contributed by atoms with Crippen molar-refractivity contribution >= 4 is 11.6 Å². The molecule has 1 aromatic rings. The molecular formula is C18H25ClFN. The molecule has 0 radical (unpaired) electrons. The normalized spacial score (nSPS) is 35.1. The van der Waals surface area contributed by atoms with E-state index in [1.165, 1.54) is 25.3 Å². The minimum absolute atomic E-state index is 0.184. The smallest absolute Gasteiger partial charge is 0.141 e. The van der Waals surface area contributed by atoms with Crippen molar-refractivity contribution in [3.8, 4) is 0 Å². The lowest BCUT2D eigenvalue weighted by atomic mass is 9.68. The van der Waals surface area contributed by atoms with Crippen LogP contribution < -0.4 is 5.32 Å². The Morgan fingerprint density at radius 3 is 2.62 bits per heavy atom. The van der Waals surface area contributed by atoms with E-state index in [9.17, 15) is 4.39 Å². The van der Waals surface area contributed by atoms with Gasteiger partial charge in [-0.1, -0.05) is 38.4 Å². The molecule has 21 heavy (non-hydrogen) atoms.